The first kappa shape index (κ1) is 18.4. The summed E-state index contributed by atoms with van der Waals surface area (Å²) in [5.74, 6) is 1.13. The van der Waals surface area contributed by atoms with Gasteiger partial charge in [-0.25, -0.2) is 0 Å². The lowest BCUT2D eigenvalue weighted by Crippen LogP contribution is -2.52. The maximum absolute atomic E-state index is 12.6. The largest absolute Gasteiger partial charge is 0.394 e. The molecule has 0 saturated carbocycles. The van der Waals surface area contributed by atoms with Gasteiger partial charge in [0.2, 0.25) is 5.91 Å². The van der Waals surface area contributed by atoms with Crippen LogP contribution in [0.15, 0.2) is 0 Å². The molecule has 5 heteroatoms. The second-order valence-corrected chi connectivity index (χ2v) is 7.03. The molecule has 1 N–H and O–H groups in total. The van der Waals surface area contributed by atoms with Crippen LogP contribution >= 0.6 is 0 Å². The van der Waals surface area contributed by atoms with Gasteiger partial charge in [0.25, 0.3) is 0 Å². The highest BCUT2D eigenvalue weighted by molar-refractivity contribution is 5.78. The Morgan fingerprint density at radius 2 is 1.81 bits per heavy atom. The van der Waals surface area contributed by atoms with Gasteiger partial charge in [0, 0.05) is 26.2 Å². The van der Waals surface area contributed by atoms with Gasteiger partial charge in [-0.3, -0.25) is 9.69 Å². The highest BCUT2D eigenvalue weighted by atomic mass is 16.5. The lowest BCUT2D eigenvalue weighted by molar-refractivity contribution is -0.138. The van der Waals surface area contributed by atoms with Crippen molar-refractivity contribution in [2.24, 2.45) is 11.8 Å². The molecule has 1 heterocycles. The van der Waals surface area contributed by atoms with Crippen molar-refractivity contribution in [2.45, 2.75) is 46.8 Å². The molecule has 0 radical (unpaired) electrons. The zero-order valence-electron chi connectivity index (χ0n) is 14.2. The van der Waals surface area contributed by atoms with Gasteiger partial charge in [0.05, 0.1) is 25.4 Å². The maximum Gasteiger partial charge on any atom is 0.236 e. The number of carbonyl (C=O) groups is 1. The van der Waals surface area contributed by atoms with Gasteiger partial charge in [0.15, 0.2) is 0 Å². The summed E-state index contributed by atoms with van der Waals surface area (Å²) in [7, 11) is 0. The van der Waals surface area contributed by atoms with E-state index in [0.717, 1.165) is 19.6 Å². The summed E-state index contributed by atoms with van der Waals surface area (Å²) < 4.78 is 5.62. The summed E-state index contributed by atoms with van der Waals surface area (Å²) in [6.07, 6.45) is -0.113. The van der Waals surface area contributed by atoms with Crippen LogP contribution in [0.4, 0.5) is 0 Å². The van der Waals surface area contributed by atoms with Crippen molar-refractivity contribution in [2.75, 3.05) is 39.3 Å². The molecule has 0 aliphatic carbocycles. The quantitative estimate of drug-likeness (QED) is 0.768. The molecule has 21 heavy (non-hydrogen) atoms. The van der Waals surface area contributed by atoms with Crippen molar-refractivity contribution < 1.29 is 14.6 Å². The molecule has 1 fully saturated rings. The number of hydrogen-bond donors (Lipinski definition) is 1. The summed E-state index contributed by atoms with van der Waals surface area (Å²) in [6, 6.07) is 0. The summed E-state index contributed by atoms with van der Waals surface area (Å²) in [6.45, 7) is 14.0. The number of ether oxygens (including phenoxy) is 1. The van der Waals surface area contributed by atoms with Gasteiger partial charge in [-0.2, -0.15) is 0 Å². The van der Waals surface area contributed by atoms with Crippen LogP contribution in [-0.2, 0) is 9.53 Å². The van der Waals surface area contributed by atoms with Crippen molar-refractivity contribution in [1.29, 1.82) is 0 Å². The molecule has 2 atom stereocenters. The summed E-state index contributed by atoms with van der Waals surface area (Å²) in [5.41, 5.74) is 0. The Morgan fingerprint density at radius 3 is 2.29 bits per heavy atom. The number of hydrogen-bond acceptors (Lipinski definition) is 4. The van der Waals surface area contributed by atoms with Crippen LogP contribution in [0, 0.1) is 11.8 Å². The first-order valence-electron chi connectivity index (χ1n) is 8.08. The van der Waals surface area contributed by atoms with Crippen molar-refractivity contribution >= 4 is 5.91 Å². The van der Waals surface area contributed by atoms with E-state index in [4.69, 9.17) is 4.74 Å². The number of carbonyl (C=O) groups excluding carboxylic acids is 1. The molecule has 124 valence electrons. The van der Waals surface area contributed by atoms with Gasteiger partial charge in [-0.15, -0.1) is 0 Å². The standard InChI is InChI=1S/C16H32N2O3/c1-12(2)6-18(7-13(3)4)16(20)10-17-8-14(5)21-15(9-17)11-19/h12-15,19H,6-11H2,1-5H3. The Balaban J connectivity index is 2.58. The fourth-order valence-electron chi connectivity index (χ4n) is 2.82. The third-order valence-corrected chi connectivity index (χ3v) is 3.49. The number of aliphatic hydroxyl groups is 1. The first-order chi connectivity index (χ1) is 9.81. The van der Waals surface area contributed by atoms with Crippen LogP contribution in [0.3, 0.4) is 0 Å². The maximum atomic E-state index is 12.6. The van der Waals surface area contributed by atoms with Gasteiger partial charge < -0.3 is 14.7 Å². The molecule has 0 aromatic heterocycles. The molecule has 5 nitrogen and oxygen atoms in total. The third kappa shape index (κ3) is 6.76. The minimum absolute atomic E-state index is 0.0106. The zero-order valence-corrected chi connectivity index (χ0v) is 14.2. The third-order valence-electron chi connectivity index (χ3n) is 3.49. The number of amides is 1. The topological polar surface area (TPSA) is 53.0 Å². The smallest absolute Gasteiger partial charge is 0.236 e. The van der Waals surface area contributed by atoms with E-state index in [-0.39, 0.29) is 24.7 Å². The molecule has 1 rings (SSSR count). The molecular formula is C16H32N2O3. The minimum atomic E-state index is -0.176. The molecular weight excluding hydrogens is 268 g/mol. The van der Waals surface area contributed by atoms with E-state index in [2.05, 4.69) is 32.6 Å². The van der Waals surface area contributed by atoms with E-state index in [1.165, 1.54) is 0 Å². The molecule has 0 bridgehead atoms. The Labute approximate surface area is 129 Å². The van der Waals surface area contributed by atoms with Crippen molar-refractivity contribution in [3.63, 3.8) is 0 Å². The van der Waals surface area contributed by atoms with Crippen LogP contribution in [0.2, 0.25) is 0 Å². The molecule has 1 aliphatic rings. The van der Waals surface area contributed by atoms with Crippen LogP contribution in [-0.4, -0.2) is 72.4 Å². The Morgan fingerprint density at radius 1 is 1.24 bits per heavy atom. The normalized spacial score (nSPS) is 23.8. The Bertz CT molecular complexity index is 311. The van der Waals surface area contributed by atoms with E-state index in [9.17, 15) is 9.90 Å². The van der Waals surface area contributed by atoms with Gasteiger partial charge in [-0.1, -0.05) is 27.7 Å². The molecule has 2 unspecified atom stereocenters. The van der Waals surface area contributed by atoms with E-state index in [1.54, 1.807) is 0 Å². The lowest BCUT2D eigenvalue weighted by atomic mass is 10.1. The van der Waals surface area contributed by atoms with Gasteiger partial charge in [-0.05, 0) is 18.8 Å². The van der Waals surface area contributed by atoms with Gasteiger partial charge >= 0.3 is 0 Å². The monoisotopic (exact) mass is 300 g/mol. The average molecular weight is 300 g/mol. The van der Waals surface area contributed by atoms with Crippen molar-refractivity contribution in [1.82, 2.24) is 9.80 Å². The van der Waals surface area contributed by atoms with E-state index >= 15 is 0 Å². The van der Waals surface area contributed by atoms with E-state index < -0.39 is 0 Å². The summed E-state index contributed by atoms with van der Waals surface area (Å²) in [4.78, 5) is 16.6. The van der Waals surface area contributed by atoms with Crippen LogP contribution in [0.25, 0.3) is 0 Å². The van der Waals surface area contributed by atoms with E-state index in [1.807, 2.05) is 11.8 Å². The van der Waals surface area contributed by atoms with Gasteiger partial charge in [0.1, 0.15) is 0 Å². The van der Waals surface area contributed by atoms with Crippen LogP contribution in [0.5, 0.6) is 0 Å². The minimum Gasteiger partial charge on any atom is -0.394 e. The summed E-state index contributed by atoms with van der Waals surface area (Å²) in [5, 5.41) is 9.26. The number of morpholine rings is 1. The van der Waals surface area contributed by atoms with Crippen LogP contribution in [0.1, 0.15) is 34.6 Å². The number of rotatable bonds is 7. The second-order valence-electron chi connectivity index (χ2n) is 7.03. The lowest BCUT2D eigenvalue weighted by Gasteiger charge is -2.37. The highest BCUT2D eigenvalue weighted by Gasteiger charge is 2.27. The average Bonchev–Trinajstić information content (AvgIpc) is 2.35. The van der Waals surface area contributed by atoms with E-state index in [0.29, 0.717) is 24.9 Å². The highest BCUT2D eigenvalue weighted by Crippen LogP contribution is 2.12. The second kappa shape index (κ2) is 8.71. The predicted octanol–water partition coefficient (Wildman–Crippen LogP) is 1.21. The SMILES string of the molecule is CC(C)CN(CC(C)C)C(=O)CN1CC(C)OC(CO)C1. The fourth-order valence-corrected chi connectivity index (χ4v) is 2.82. The van der Waals surface area contributed by atoms with Crippen molar-refractivity contribution in [3.8, 4) is 0 Å². The summed E-state index contributed by atoms with van der Waals surface area (Å²) >= 11 is 0. The molecule has 0 aromatic rings. The zero-order chi connectivity index (χ0) is 16.0. The molecule has 1 saturated heterocycles. The number of nitrogens with zero attached hydrogens (tertiary/aromatic N) is 2. The molecule has 1 amide bonds. The molecule has 0 aromatic carbocycles. The Kier molecular flexibility index (Phi) is 7.63. The number of aliphatic hydroxyl groups excluding tert-OH is 1. The fraction of sp³-hybridized carbons (Fsp3) is 0.938. The predicted molar refractivity (Wildman–Crippen MR) is 84.1 cm³/mol. The molecule has 0 spiro atoms. The Hall–Kier alpha value is -0.650. The molecule has 1 aliphatic heterocycles. The first-order valence-corrected chi connectivity index (χ1v) is 8.08. The van der Waals surface area contributed by atoms with Crippen LogP contribution < -0.4 is 0 Å². The van der Waals surface area contributed by atoms with Crippen molar-refractivity contribution in [3.05, 3.63) is 0 Å².